The summed E-state index contributed by atoms with van der Waals surface area (Å²) in [5, 5.41) is 0. The first-order valence-corrected chi connectivity index (χ1v) is 9.77. The van der Waals surface area contributed by atoms with Gasteiger partial charge in [-0.2, -0.15) is 0 Å². The summed E-state index contributed by atoms with van der Waals surface area (Å²) in [4.78, 5) is 25.9. The topological polar surface area (TPSA) is 84.6 Å². The van der Waals surface area contributed by atoms with Crippen molar-refractivity contribution in [2.24, 2.45) is 5.73 Å². The Morgan fingerprint density at radius 1 is 1.25 bits per heavy atom. The van der Waals surface area contributed by atoms with Crippen LogP contribution in [0.25, 0.3) is 0 Å². The van der Waals surface area contributed by atoms with Crippen molar-refractivity contribution < 1.29 is 9.53 Å². The third kappa shape index (κ3) is 3.36. The Kier molecular flexibility index (Phi) is 5.03. The Balaban J connectivity index is 1.51. The molecule has 1 fully saturated rings. The molecule has 2 aromatic rings. The van der Waals surface area contributed by atoms with Gasteiger partial charge in [0.15, 0.2) is 0 Å². The first-order chi connectivity index (χ1) is 13.5. The number of likely N-dealkylation sites (tertiary alicyclic amines) is 1. The highest BCUT2D eigenvalue weighted by Crippen LogP contribution is 2.41. The van der Waals surface area contributed by atoms with Crippen LogP contribution < -0.4 is 10.6 Å². The van der Waals surface area contributed by atoms with E-state index < -0.39 is 11.6 Å². The number of nitrogens with two attached hydrogens (primary N) is 1. The number of amides is 1. The van der Waals surface area contributed by atoms with E-state index in [1.807, 2.05) is 60.4 Å². The quantitative estimate of drug-likeness (QED) is 0.870. The van der Waals surface area contributed by atoms with E-state index in [1.165, 1.54) is 0 Å². The second-order valence-corrected chi connectivity index (χ2v) is 7.74. The minimum absolute atomic E-state index is 0.0336. The number of ether oxygens (including phenoxy) is 1. The van der Waals surface area contributed by atoms with Crippen LogP contribution in [-0.2, 0) is 21.6 Å². The van der Waals surface area contributed by atoms with Crippen LogP contribution >= 0.6 is 0 Å². The lowest BCUT2D eigenvalue weighted by Crippen LogP contribution is -2.50. The Morgan fingerprint density at radius 3 is 2.64 bits per heavy atom. The molecule has 0 unspecified atom stereocenters. The molecule has 2 aliphatic heterocycles. The second-order valence-electron chi connectivity index (χ2n) is 7.74. The van der Waals surface area contributed by atoms with Gasteiger partial charge in [-0.1, -0.05) is 30.3 Å². The monoisotopic (exact) mass is 381 g/mol. The largest absolute Gasteiger partial charge is 0.368 e. The minimum Gasteiger partial charge on any atom is -0.368 e. The van der Waals surface area contributed by atoms with Crippen molar-refractivity contribution >= 4 is 11.9 Å². The van der Waals surface area contributed by atoms with Crippen molar-refractivity contribution in [3.63, 3.8) is 0 Å². The SMILES string of the molecule is CN(C)c1ncc2c(n1)C1(CCN(C(=O)[C@@H](N)c3ccccc3)CC1)OCC2. The molecule has 1 atom stereocenters. The molecule has 148 valence electrons. The van der Waals surface area contributed by atoms with Crippen molar-refractivity contribution in [3.05, 3.63) is 53.3 Å². The predicted octanol–water partition coefficient (Wildman–Crippen LogP) is 1.63. The number of piperidine rings is 1. The molecule has 1 spiro atoms. The van der Waals surface area contributed by atoms with Gasteiger partial charge in [-0.05, 0) is 30.4 Å². The summed E-state index contributed by atoms with van der Waals surface area (Å²) < 4.78 is 6.26. The number of hydrogen-bond acceptors (Lipinski definition) is 6. The fraction of sp³-hybridized carbons (Fsp3) is 0.476. The van der Waals surface area contributed by atoms with Gasteiger partial charge in [0, 0.05) is 33.4 Å². The second kappa shape index (κ2) is 7.48. The zero-order chi connectivity index (χ0) is 19.7. The molecule has 4 rings (SSSR count). The lowest BCUT2D eigenvalue weighted by Gasteiger charge is -2.44. The van der Waals surface area contributed by atoms with Gasteiger partial charge in [0.25, 0.3) is 0 Å². The van der Waals surface area contributed by atoms with E-state index in [0.29, 0.717) is 25.6 Å². The Labute approximate surface area is 165 Å². The van der Waals surface area contributed by atoms with E-state index in [4.69, 9.17) is 15.5 Å². The van der Waals surface area contributed by atoms with E-state index in [9.17, 15) is 4.79 Å². The molecule has 0 radical (unpaired) electrons. The summed E-state index contributed by atoms with van der Waals surface area (Å²) in [7, 11) is 3.87. The first-order valence-electron chi connectivity index (χ1n) is 9.77. The third-order valence-corrected chi connectivity index (χ3v) is 5.74. The third-order valence-electron chi connectivity index (χ3n) is 5.74. The molecule has 7 nitrogen and oxygen atoms in total. The average Bonchev–Trinajstić information content (AvgIpc) is 2.74. The molecule has 1 amide bonds. The van der Waals surface area contributed by atoms with Crippen LogP contribution in [0.5, 0.6) is 0 Å². The number of carbonyl (C=O) groups is 1. The van der Waals surface area contributed by atoms with E-state index in [1.54, 1.807) is 0 Å². The molecule has 3 heterocycles. The van der Waals surface area contributed by atoms with E-state index in [-0.39, 0.29) is 5.91 Å². The molecule has 2 aliphatic rings. The van der Waals surface area contributed by atoms with Gasteiger partial charge < -0.3 is 20.3 Å². The van der Waals surface area contributed by atoms with Gasteiger partial charge in [-0.3, -0.25) is 4.79 Å². The maximum atomic E-state index is 12.9. The van der Waals surface area contributed by atoms with Gasteiger partial charge in [-0.15, -0.1) is 0 Å². The van der Waals surface area contributed by atoms with Crippen molar-refractivity contribution in [3.8, 4) is 0 Å². The fourth-order valence-corrected chi connectivity index (χ4v) is 4.08. The summed E-state index contributed by atoms with van der Waals surface area (Å²) in [5.74, 6) is 0.655. The number of rotatable bonds is 3. The lowest BCUT2D eigenvalue weighted by atomic mass is 9.83. The van der Waals surface area contributed by atoms with Crippen molar-refractivity contribution in [2.45, 2.75) is 30.9 Å². The van der Waals surface area contributed by atoms with Crippen LogP contribution in [0.2, 0.25) is 0 Å². The molecular weight excluding hydrogens is 354 g/mol. The number of benzene rings is 1. The van der Waals surface area contributed by atoms with E-state index in [0.717, 1.165) is 36.1 Å². The van der Waals surface area contributed by atoms with Crippen molar-refractivity contribution in [2.75, 3.05) is 38.7 Å². The number of fused-ring (bicyclic) bond motifs is 2. The van der Waals surface area contributed by atoms with Gasteiger partial charge >= 0.3 is 0 Å². The fourth-order valence-electron chi connectivity index (χ4n) is 4.08. The van der Waals surface area contributed by atoms with Crippen LogP contribution in [0.3, 0.4) is 0 Å². The number of hydrogen-bond donors (Lipinski definition) is 1. The van der Waals surface area contributed by atoms with Crippen LogP contribution in [-0.4, -0.2) is 54.6 Å². The van der Waals surface area contributed by atoms with E-state index in [2.05, 4.69) is 4.98 Å². The molecule has 0 aliphatic carbocycles. The van der Waals surface area contributed by atoms with Gasteiger partial charge in [0.2, 0.25) is 11.9 Å². The summed E-state index contributed by atoms with van der Waals surface area (Å²) in [6, 6.07) is 8.90. The standard InChI is InChI=1S/C21H27N5O2/c1-25(2)20-23-14-16-8-13-28-21(18(16)24-20)9-11-26(12-10-21)19(27)17(22)15-6-4-3-5-7-15/h3-7,14,17H,8-13,22H2,1-2H3/t17-/m0/s1. The first kappa shape index (κ1) is 18.8. The molecule has 1 aromatic carbocycles. The molecule has 7 heteroatoms. The Bertz CT molecular complexity index is 847. The molecule has 0 bridgehead atoms. The predicted molar refractivity (Wildman–Crippen MR) is 107 cm³/mol. The highest BCUT2D eigenvalue weighted by molar-refractivity contribution is 5.83. The van der Waals surface area contributed by atoms with Crippen LogP contribution in [0.4, 0.5) is 5.95 Å². The van der Waals surface area contributed by atoms with Crippen molar-refractivity contribution in [1.82, 2.24) is 14.9 Å². The number of aromatic nitrogens is 2. The minimum atomic E-state index is -0.627. The van der Waals surface area contributed by atoms with Crippen LogP contribution in [0.15, 0.2) is 36.5 Å². The number of nitrogens with zero attached hydrogens (tertiary/aromatic N) is 4. The normalized spacial score (nSPS) is 19.2. The number of anilines is 1. The smallest absolute Gasteiger partial charge is 0.244 e. The molecule has 1 aromatic heterocycles. The van der Waals surface area contributed by atoms with Gasteiger partial charge in [0.05, 0.1) is 12.3 Å². The average molecular weight is 381 g/mol. The summed E-state index contributed by atoms with van der Waals surface area (Å²) in [6.45, 7) is 1.88. The van der Waals surface area contributed by atoms with Gasteiger partial charge in [0.1, 0.15) is 11.6 Å². The van der Waals surface area contributed by atoms with Crippen molar-refractivity contribution in [1.29, 1.82) is 0 Å². The van der Waals surface area contributed by atoms with Crippen LogP contribution in [0.1, 0.15) is 35.7 Å². The zero-order valence-corrected chi connectivity index (χ0v) is 16.5. The summed E-state index contributed by atoms with van der Waals surface area (Å²) >= 11 is 0. The highest BCUT2D eigenvalue weighted by atomic mass is 16.5. The van der Waals surface area contributed by atoms with Gasteiger partial charge in [-0.25, -0.2) is 9.97 Å². The Morgan fingerprint density at radius 2 is 1.96 bits per heavy atom. The maximum absolute atomic E-state index is 12.9. The lowest BCUT2D eigenvalue weighted by molar-refractivity contribution is -0.142. The highest BCUT2D eigenvalue weighted by Gasteiger charge is 2.44. The van der Waals surface area contributed by atoms with Crippen LogP contribution in [0, 0.1) is 0 Å². The molecule has 2 N–H and O–H groups in total. The maximum Gasteiger partial charge on any atom is 0.244 e. The Hall–Kier alpha value is -2.51. The molecule has 28 heavy (non-hydrogen) atoms. The summed E-state index contributed by atoms with van der Waals surface area (Å²) in [5.41, 5.74) is 8.76. The molecule has 0 saturated carbocycles. The molecular formula is C21H27N5O2. The number of carbonyl (C=O) groups excluding carboxylic acids is 1. The summed E-state index contributed by atoms with van der Waals surface area (Å²) in [6.07, 6.45) is 4.19. The zero-order valence-electron chi connectivity index (χ0n) is 16.5. The molecule has 1 saturated heterocycles. The van der Waals surface area contributed by atoms with E-state index >= 15 is 0 Å².